The van der Waals surface area contributed by atoms with Crippen LogP contribution in [-0.2, 0) is 0 Å². The van der Waals surface area contributed by atoms with E-state index in [-0.39, 0.29) is 11.4 Å². The third-order valence-corrected chi connectivity index (χ3v) is 3.77. The second kappa shape index (κ2) is 5.57. The third-order valence-electron chi connectivity index (χ3n) is 3.77. The molecule has 1 atom stereocenters. The van der Waals surface area contributed by atoms with Gasteiger partial charge in [0.05, 0.1) is 11.3 Å². The van der Waals surface area contributed by atoms with Crippen LogP contribution in [0.15, 0.2) is 18.2 Å². The first kappa shape index (κ1) is 13.8. The number of hydrogen-bond acceptors (Lipinski definition) is 3. The summed E-state index contributed by atoms with van der Waals surface area (Å²) in [7, 11) is 0. The van der Waals surface area contributed by atoms with Crippen molar-refractivity contribution in [1.29, 1.82) is 5.41 Å². The van der Waals surface area contributed by atoms with E-state index in [9.17, 15) is 4.39 Å². The normalized spacial score (nSPS) is 20.6. The van der Waals surface area contributed by atoms with Crippen LogP contribution in [0.4, 0.5) is 10.1 Å². The Labute approximate surface area is 113 Å². The lowest BCUT2D eigenvalue weighted by molar-refractivity contribution is 0.199. The number of likely N-dealkylation sites (N-methyl/N-ethyl adjacent to an activating group) is 1. The maximum absolute atomic E-state index is 13.8. The molecule has 19 heavy (non-hydrogen) atoms. The van der Waals surface area contributed by atoms with E-state index in [4.69, 9.17) is 11.1 Å². The number of hydrogen-bond donors (Lipinski definition) is 2. The fraction of sp³-hybridized carbons (Fsp3) is 0.500. The number of nitrogens with zero attached hydrogens (tertiary/aromatic N) is 2. The summed E-state index contributed by atoms with van der Waals surface area (Å²) in [5.41, 5.74) is 6.47. The van der Waals surface area contributed by atoms with Gasteiger partial charge in [0.2, 0.25) is 0 Å². The number of piperazine rings is 1. The Hall–Kier alpha value is -1.62. The lowest BCUT2D eigenvalue weighted by atomic mass is 10.1. The Morgan fingerprint density at radius 1 is 1.47 bits per heavy atom. The first-order chi connectivity index (χ1) is 9.04. The number of halogens is 1. The van der Waals surface area contributed by atoms with Gasteiger partial charge in [0.25, 0.3) is 0 Å². The molecule has 0 bridgehead atoms. The number of nitrogens with one attached hydrogen (secondary N) is 1. The van der Waals surface area contributed by atoms with E-state index in [1.807, 2.05) is 6.07 Å². The predicted molar refractivity (Wildman–Crippen MR) is 76.3 cm³/mol. The van der Waals surface area contributed by atoms with Crippen molar-refractivity contribution in [3.8, 4) is 0 Å². The number of rotatable bonds is 3. The largest absolute Gasteiger partial charge is 0.384 e. The van der Waals surface area contributed by atoms with Crippen LogP contribution in [0.2, 0.25) is 0 Å². The summed E-state index contributed by atoms with van der Waals surface area (Å²) in [6.07, 6.45) is 0. The summed E-state index contributed by atoms with van der Waals surface area (Å²) < 4.78 is 13.8. The lowest BCUT2D eigenvalue weighted by Gasteiger charge is -2.41. The van der Waals surface area contributed by atoms with E-state index in [0.717, 1.165) is 31.9 Å². The molecule has 2 rings (SSSR count). The molecule has 0 aromatic heterocycles. The molecule has 0 amide bonds. The minimum atomic E-state index is -0.421. The minimum absolute atomic E-state index is 0.210. The summed E-state index contributed by atoms with van der Waals surface area (Å²) in [4.78, 5) is 4.51. The Morgan fingerprint density at radius 3 is 2.79 bits per heavy atom. The topological polar surface area (TPSA) is 56.4 Å². The van der Waals surface area contributed by atoms with Crippen molar-refractivity contribution in [2.45, 2.75) is 19.9 Å². The maximum Gasteiger partial charge on any atom is 0.136 e. The van der Waals surface area contributed by atoms with Gasteiger partial charge in [0.1, 0.15) is 11.7 Å². The van der Waals surface area contributed by atoms with E-state index in [1.165, 1.54) is 6.07 Å². The maximum atomic E-state index is 13.8. The number of nitrogens with two attached hydrogens (primary N) is 1. The van der Waals surface area contributed by atoms with Crippen molar-refractivity contribution in [1.82, 2.24) is 4.90 Å². The van der Waals surface area contributed by atoms with Crippen molar-refractivity contribution in [2.75, 3.05) is 31.1 Å². The van der Waals surface area contributed by atoms with Crippen LogP contribution in [0.1, 0.15) is 19.4 Å². The zero-order valence-corrected chi connectivity index (χ0v) is 11.5. The van der Waals surface area contributed by atoms with Gasteiger partial charge >= 0.3 is 0 Å². The van der Waals surface area contributed by atoms with Gasteiger partial charge < -0.3 is 10.6 Å². The molecule has 1 aliphatic rings. The Kier molecular flexibility index (Phi) is 4.04. The molecule has 4 nitrogen and oxygen atoms in total. The molecule has 3 N–H and O–H groups in total. The quantitative estimate of drug-likeness (QED) is 0.644. The van der Waals surface area contributed by atoms with Gasteiger partial charge in [-0.25, -0.2) is 4.39 Å². The number of anilines is 1. The van der Waals surface area contributed by atoms with Crippen molar-refractivity contribution in [3.05, 3.63) is 29.6 Å². The molecule has 1 aromatic carbocycles. The highest BCUT2D eigenvalue weighted by Gasteiger charge is 2.25. The second-order valence-corrected chi connectivity index (χ2v) is 4.97. The summed E-state index contributed by atoms with van der Waals surface area (Å²) >= 11 is 0. The summed E-state index contributed by atoms with van der Waals surface area (Å²) in [5, 5.41) is 7.56. The Bertz CT molecular complexity index is 475. The van der Waals surface area contributed by atoms with Gasteiger partial charge in [-0.05, 0) is 25.6 Å². The highest BCUT2D eigenvalue weighted by molar-refractivity contribution is 6.00. The van der Waals surface area contributed by atoms with Crippen molar-refractivity contribution in [3.63, 3.8) is 0 Å². The highest BCUT2D eigenvalue weighted by Crippen LogP contribution is 2.25. The molecule has 5 heteroatoms. The molecule has 0 aliphatic carbocycles. The first-order valence-corrected chi connectivity index (χ1v) is 6.66. The molecule has 1 heterocycles. The minimum Gasteiger partial charge on any atom is -0.384 e. The summed E-state index contributed by atoms with van der Waals surface area (Å²) in [6, 6.07) is 5.29. The molecule has 1 aliphatic heterocycles. The standard InChI is InChI=1S/C14H21FN4/c1-3-18-7-8-19(9-10(18)2)12-6-4-5-11(15)13(12)14(16)17/h4-6,10H,3,7-9H2,1-2H3,(H3,16,17). The van der Waals surface area contributed by atoms with Crippen molar-refractivity contribution in [2.24, 2.45) is 5.73 Å². The lowest BCUT2D eigenvalue weighted by Crippen LogP contribution is -2.52. The van der Waals surface area contributed by atoms with Crippen LogP contribution in [0, 0.1) is 11.2 Å². The van der Waals surface area contributed by atoms with Crippen LogP contribution in [0.3, 0.4) is 0 Å². The highest BCUT2D eigenvalue weighted by atomic mass is 19.1. The van der Waals surface area contributed by atoms with E-state index in [0.29, 0.717) is 6.04 Å². The van der Waals surface area contributed by atoms with Crippen LogP contribution in [0.25, 0.3) is 0 Å². The summed E-state index contributed by atoms with van der Waals surface area (Å²) in [6.45, 7) is 7.96. The van der Waals surface area contributed by atoms with Gasteiger partial charge in [-0.15, -0.1) is 0 Å². The zero-order valence-electron chi connectivity index (χ0n) is 11.5. The van der Waals surface area contributed by atoms with Crippen LogP contribution in [0.5, 0.6) is 0 Å². The second-order valence-electron chi connectivity index (χ2n) is 4.97. The van der Waals surface area contributed by atoms with Crippen LogP contribution >= 0.6 is 0 Å². The van der Waals surface area contributed by atoms with Gasteiger partial charge in [-0.1, -0.05) is 13.0 Å². The third kappa shape index (κ3) is 2.71. The van der Waals surface area contributed by atoms with Gasteiger partial charge in [-0.2, -0.15) is 0 Å². The number of benzene rings is 1. The Balaban J connectivity index is 2.28. The van der Waals surface area contributed by atoms with Crippen LogP contribution < -0.4 is 10.6 Å². The fourth-order valence-corrected chi connectivity index (χ4v) is 2.73. The first-order valence-electron chi connectivity index (χ1n) is 6.66. The van der Waals surface area contributed by atoms with E-state index >= 15 is 0 Å². The predicted octanol–water partition coefficient (Wildman–Crippen LogP) is 1.64. The SMILES string of the molecule is CCN1CCN(c2cccc(F)c2C(=N)N)CC1C. The van der Waals surface area contributed by atoms with Gasteiger partial charge in [0, 0.05) is 25.7 Å². The molecule has 1 fully saturated rings. The molecule has 1 unspecified atom stereocenters. The molecular weight excluding hydrogens is 243 g/mol. The fourth-order valence-electron chi connectivity index (χ4n) is 2.73. The van der Waals surface area contributed by atoms with Crippen molar-refractivity contribution < 1.29 is 4.39 Å². The van der Waals surface area contributed by atoms with Crippen molar-refractivity contribution >= 4 is 11.5 Å². The average molecular weight is 264 g/mol. The average Bonchev–Trinajstić information content (AvgIpc) is 2.37. The molecular formula is C14H21FN4. The number of amidine groups is 1. The molecule has 0 spiro atoms. The Morgan fingerprint density at radius 2 is 2.21 bits per heavy atom. The van der Waals surface area contributed by atoms with Gasteiger partial charge in [0.15, 0.2) is 0 Å². The monoisotopic (exact) mass is 264 g/mol. The van der Waals surface area contributed by atoms with E-state index in [1.54, 1.807) is 6.07 Å². The van der Waals surface area contributed by atoms with E-state index in [2.05, 4.69) is 23.6 Å². The molecule has 104 valence electrons. The molecule has 0 radical (unpaired) electrons. The molecule has 1 aromatic rings. The molecule has 0 saturated carbocycles. The smallest absolute Gasteiger partial charge is 0.136 e. The van der Waals surface area contributed by atoms with E-state index < -0.39 is 5.82 Å². The molecule has 1 saturated heterocycles. The van der Waals surface area contributed by atoms with Gasteiger partial charge in [-0.3, -0.25) is 10.3 Å². The zero-order chi connectivity index (χ0) is 14.0. The number of nitrogen functional groups attached to an aromatic ring is 1. The summed E-state index contributed by atoms with van der Waals surface area (Å²) in [5.74, 6) is -0.630. The van der Waals surface area contributed by atoms with Crippen LogP contribution in [-0.4, -0.2) is 43.0 Å².